The lowest BCUT2D eigenvalue weighted by Gasteiger charge is -2.32. The molecule has 3 rings (SSSR count). The van der Waals surface area contributed by atoms with E-state index in [9.17, 15) is 12.8 Å². The number of hydrogen-bond acceptors (Lipinski definition) is 6. The topological polar surface area (TPSA) is 86.6 Å². The van der Waals surface area contributed by atoms with Gasteiger partial charge in [-0.1, -0.05) is 5.21 Å². The fourth-order valence-electron chi connectivity index (χ4n) is 3.15. The van der Waals surface area contributed by atoms with Crippen LogP contribution in [0.4, 0.5) is 4.39 Å². The molecule has 0 N–H and O–H groups in total. The van der Waals surface area contributed by atoms with E-state index in [1.165, 1.54) is 16.6 Å². The standard InChI is InChI=1S/C16H26BFN4O4S/c1-15(2)16(3,4)26-17(25-15)14(18)8-13-11-21(20-19-13)9-12-6-7-22(10-12)27(5,23)24/h8,11-12H,6-7,9-10H2,1-5H3. The van der Waals surface area contributed by atoms with Gasteiger partial charge in [-0.3, -0.25) is 4.68 Å². The summed E-state index contributed by atoms with van der Waals surface area (Å²) in [5.41, 5.74) is -1.44. The Balaban J connectivity index is 1.62. The first kappa shape index (κ1) is 20.4. The molecular weight excluding hydrogens is 374 g/mol. The molecule has 27 heavy (non-hydrogen) atoms. The van der Waals surface area contributed by atoms with Crippen molar-refractivity contribution in [3.05, 3.63) is 17.6 Å². The molecular formula is C16H26BFN4O4S. The Morgan fingerprint density at radius 2 is 2.00 bits per heavy atom. The third kappa shape index (κ3) is 4.42. The van der Waals surface area contributed by atoms with Gasteiger partial charge in [-0.15, -0.1) is 5.10 Å². The van der Waals surface area contributed by atoms with E-state index >= 15 is 0 Å². The van der Waals surface area contributed by atoms with Gasteiger partial charge in [0.1, 0.15) is 11.4 Å². The maximum Gasteiger partial charge on any atom is 0.525 e. The van der Waals surface area contributed by atoms with Gasteiger partial charge in [0, 0.05) is 19.6 Å². The van der Waals surface area contributed by atoms with Gasteiger partial charge in [-0.2, -0.15) is 0 Å². The zero-order valence-electron chi connectivity index (χ0n) is 16.3. The van der Waals surface area contributed by atoms with E-state index in [4.69, 9.17) is 9.31 Å². The number of rotatable bonds is 5. The molecule has 0 saturated carbocycles. The van der Waals surface area contributed by atoms with Crippen molar-refractivity contribution in [1.82, 2.24) is 19.3 Å². The van der Waals surface area contributed by atoms with Gasteiger partial charge in [0.25, 0.3) is 0 Å². The molecule has 1 unspecified atom stereocenters. The smallest absolute Gasteiger partial charge is 0.398 e. The molecule has 150 valence electrons. The summed E-state index contributed by atoms with van der Waals surface area (Å²) in [6.45, 7) is 8.95. The van der Waals surface area contributed by atoms with Crippen molar-refractivity contribution in [3.63, 3.8) is 0 Å². The van der Waals surface area contributed by atoms with Crippen LogP contribution in [-0.2, 0) is 25.9 Å². The SMILES string of the molecule is CC1(C)OB(C(F)=Cc2cn(CC3CCN(S(C)(=O)=O)C3)nn2)OC1(C)C. The Morgan fingerprint density at radius 3 is 2.56 bits per heavy atom. The van der Waals surface area contributed by atoms with Crippen molar-refractivity contribution >= 4 is 23.2 Å². The van der Waals surface area contributed by atoms with Crippen molar-refractivity contribution in [2.75, 3.05) is 19.3 Å². The van der Waals surface area contributed by atoms with E-state index in [-0.39, 0.29) is 5.92 Å². The predicted octanol–water partition coefficient (Wildman–Crippen LogP) is 1.50. The third-order valence-electron chi connectivity index (χ3n) is 5.48. The van der Waals surface area contributed by atoms with Crippen molar-refractivity contribution in [2.24, 2.45) is 5.92 Å². The molecule has 2 fully saturated rings. The van der Waals surface area contributed by atoms with Gasteiger partial charge in [-0.05, 0) is 46.1 Å². The summed E-state index contributed by atoms with van der Waals surface area (Å²) >= 11 is 0. The van der Waals surface area contributed by atoms with E-state index < -0.39 is 34.1 Å². The lowest BCUT2D eigenvalue weighted by atomic mass is 9.87. The van der Waals surface area contributed by atoms with Crippen LogP contribution in [0.5, 0.6) is 0 Å². The number of sulfonamides is 1. The monoisotopic (exact) mass is 400 g/mol. The Kier molecular flexibility index (Phi) is 5.26. The number of halogens is 1. The van der Waals surface area contributed by atoms with Crippen molar-refractivity contribution < 1.29 is 22.1 Å². The van der Waals surface area contributed by atoms with Crippen molar-refractivity contribution in [3.8, 4) is 0 Å². The lowest BCUT2D eigenvalue weighted by molar-refractivity contribution is 0.00578. The molecule has 0 aromatic carbocycles. The molecule has 0 spiro atoms. The van der Waals surface area contributed by atoms with Crippen LogP contribution >= 0.6 is 0 Å². The Hall–Kier alpha value is -1.30. The fraction of sp³-hybridized carbons (Fsp3) is 0.750. The molecule has 0 aliphatic carbocycles. The van der Waals surface area contributed by atoms with Gasteiger partial charge < -0.3 is 9.31 Å². The summed E-state index contributed by atoms with van der Waals surface area (Å²) < 4.78 is 52.1. The second-order valence-electron chi connectivity index (χ2n) is 8.26. The van der Waals surface area contributed by atoms with Crippen molar-refractivity contribution in [1.29, 1.82) is 0 Å². The molecule has 1 aromatic heterocycles. The van der Waals surface area contributed by atoms with Crippen LogP contribution in [-0.4, -0.2) is 65.4 Å². The second kappa shape index (κ2) is 6.95. The molecule has 2 aliphatic heterocycles. The molecule has 0 bridgehead atoms. The van der Waals surface area contributed by atoms with Crippen LogP contribution in [0.25, 0.3) is 6.08 Å². The van der Waals surface area contributed by atoms with Gasteiger partial charge in [0.05, 0.1) is 23.7 Å². The Bertz CT molecular complexity index is 823. The first-order valence-corrected chi connectivity index (χ1v) is 10.8. The average molecular weight is 400 g/mol. The summed E-state index contributed by atoms with van der Waals surface area (Å²) in [5.74, 6) is 0.159. The highest BCUT2D eigenvalue weighted by Crippen LogP contribution is 2.39. The predicted molar refractivity (Wildman–Crippen MR) is 99.7 cm³/mol. The van der Waals surface area contributed by atoms with Gasteiger partial charge in [0.15, 0.2) is 0 Å². The number of nitrogens with zero attached hydrogens (tertiary/aromatic N) is 4. The van der Waals surface area contributed by atoms with Gasteiger partial charge in [0.2, 0.25) is 10.0 Å². The zero-order chi connectivity index (χ0) is 20.0. The van der Waals surface area contributed by atoms with Crippen molar-refractivity contribution in [2.45, 2.75) is 51.9 Å². The molecule has 8 nitrogen and oxygen atoms in total. The fourth-order valence-corrected chi connectivity index (χ4v) is 4.06. The maximum atomic E-state index is 14.5. The zero-order valence-corrected chi connectivity index (χ0v) is 17.2. The molecule has 2 aliphatic rings. The quantitative estimate of drug-likeness (QED) is 0.697. The third-order valence-corrected chi connectivity index (χ3v) is 6.75. The highest BCUT2D eigenvalue weighted by molar-refractivity contribution is 7.88. The van der Waals surface area contributed by atoms with E-state index in [0.29, 0.717) is 25.3 Å². The summed E-state index contributed by atoms with van der Waals surface area (Å²) in [6, 6.07) is 0. The summed E-state index contributed by atoms with van der Waals surface area (Å²) in [4.78, 5) is 0. The van der Waals surface area contributed by atoms with Crippen LogP contribution in [0.1, 0.15) is 39.8 Å². The van der Waals surface area contributed by atoms with Gasteiger partial charge in [-0.25, -0.2) is 17.1 Å². The van der Waals surface area contributed by atoms with Crippen LogP contribution in [0.3, 0.4) is 0 Å². The minimum atomic E-state index is -3.17. The molecule has 11 heteroatoms. The average Bonchev–Trinajstić information content (AvgIpc) is 3.19. The van der Waals surface area contributed by atoms with E-state index in [1.807, 2.05) is 27.7 Å². The lowest BCUT2D eigenvalue weighted by Crippen LogP contribution is -2.41. The van der Waals surface area contributed by atoms with Crippen LogP contribution < -0.4 is 0 Å². The first-order valence-electron chi connectivity index (χ1n) is 8.95. The van der Waals surface area contributed by atoms with Crippen LogP contribution in [0.2, 0.25) is 0 Å². The van der Waals surface area contributed by atoms with Crippen LogP contribution in [0, 0.1) is 5.92 Å². The van der Waals surface area contributed by atoms with E-state index in [0.717, 1.165) is 6.42 Å². The van der Waals surface area contributed by atoms with E-state index in [1.54, 1.807) is 10.9 Å². The molecule has 0 radical (unpaired) electrons. The molecule has 1 atom stereocenters. The minimum absolute atomic E-state index is 0.159. The summed E-state index contributed by atoms with van der Waals surface area (Å²) in [5, 5.41) is 7.97. The van der Waals surface area contributed by atoms with E-state index in [2.05, 4.69) is 10.3 Å². The normalized spacial score (nSPS) is 26.1. The highest BCUT2D eigenvalue weighted by Gasteiger charge is 2.53. The second-order valence-corrected chi connectivity index (χ2v) is 10.2. The minimum Gasteiger partial charge on any atom is -0.398 e. The maximum absolute atomic E-state index is 14.5. The Morgan fingerprint density at radius 1 is 1.37 bits per heavy atom. The highest BCUT2D eigenvalue weighted by atomic mass is 32.2. The largest absolute Gasteiger partial charge is 0.525 e. The molecule has 0 amide bonds. The molecule has 3 heterocycles. The first-order chi connectivity index (χ1) is 12.4. The summed E-state index contributed by atoms with van der Waals surface area (Å²) in [6.07, 6.45) is 4.86. The van der Waals surface area contributed by atoms with Crippen LogP contribution in [0.15, 0.2) is 11.9 Å². The molecule has 2 saturated heterocycles. The Labute approximate surface area is 159 Å². The van der Waals surface area contributed by atoms with Gasteiger partial charge >= 0.3 is 7.12 Å². The molecule has 1 aromatic rings. The number of hydrogen-bond donors (Lipinski definition) is 0. The number of aromatic nitrogens is 3. The summed E-state index contributed by atoms with van der Waals surface area (Å²) in [7, 11) is -4.24.